The zero-order valence-electron chi connectivity index (χ0n) is 11.3. The van der Waals surface area contributed by atoms with Crippen molar-refractivity contribution in [1.29, 1.82) is 0 Å². The molecule has 1 aromatic carbocycles. The minimum atomic E-state index is -1.00. The van der Waals surface area contributed by atoms with Crippen LogP contribution in [-0.2, 0) is 11.2 Å². The minimum absolute atomic E-state index is 0.215. The van der Waals surface area contributed by atoms with Crippen molar-refractivity contribution in [2.24, 2.45) is 5.73 Å². The molecule has 4 N–H and O–H groups in total. The van der Waals surface area contributed by atoms with Crippen molar-refractivity contribution in [3.8, 4) is 5.75 Å². The van der Waals surface area contributed by atoms with E-state index < -0.39 is 12.0 Å². The van der Waals surface area contributed by atoms with Crippen LogP contribution in [0.3, 0.4) is 0 Å². The van der Waals surface area contributed by atoms with Crippen molar-refractivity contribution in [2.75, 3.05) is 0 Å². The van der Waals surface area contributed by atoms with Gasteiger partial charge in [0, 0.05) is 0 Å². The fraction of sp³-hybridized carbons (Fsp3) is 0.500. The highest BCUT2D eigenvalue weighted by molar-refractivity contribution is 5.74. The second kappa shape index (κ2) is 5.40. The van der Waals surface area contributed by atoms with Crippen LogP contribution in [-0.4, -0.2) is 22.2 Å². The maximum Gasteiger partial charge on any atom is 0.320 e. The molecule has 1 rings (SSSR count). The number of benzene rings is 1. The van der Waals surface area contributed by atoms with E-state index in [0.29, 0.717) is 0 Å². The third-order valence-electron chi connectivity index (χ3n) is 3.26. The van der Waals surface area contributed by atoms with Gasteiger partial charge in [-0.05, 0) is 54.5 Å². The summed E-state index contributed by atoms with van der Waals surface area (Å²) in [7, 11) is 0. The molecule has 100 valence electrons. The summed E-state index contributed by atoms with van der Waals surface area (Å²) in [5.41, 5.74) is 9.25. The van der Waals surface area contributed by atoms with E-state index in [2.05, 4.69) is 0 Å². The van der Waals surface area contributed by atoms with Crippen molar-refractivity contribution in [1.82, 2.24) is 0 Å². The first-order valence-electron chi connectivity index (χ1n) is 6.06. The Morgan fingerprint density at radius 2 is 1.94 bits per heavy atom. The summed E-state index contributed by atoms with van der Waals surface area (Å²) >= 11 is 0. The van der Waals surface area contributed by atoms with Gasteiger partial charge in [0.25, 0.3) is 0 Å². The second-order valence-electron chi connectivity index (χ2n) is 5.03. The fourth-order valence-corrected chi connectivity index (χ4v) is 2.34. The van der Waals surface area contributed by atoms with Crippen LogP contribution in [0.5, 0.6) is 5.75 Å². The SMILES string of the molecule is Cc1cc(O)c(C)c(C(C)C)c1C[C@H](N)C(=O)O. The summed E-state index contributed by atoms with van der Waals surface area (Å²) in [5, 5.41) is 18.8. The largest absolute Gasteiger partial charge is 0.508 e. The van der Waals surface area contributed by atoms with Gasteiger partial charge in [0.05, 0.1) is 0 Å². The Morgan fingerprint density at radius 1 is 1.39 bits per heavy atom. The monoisotopic (exact) mass is 251 g/mol. The van der Waals surface area contributed by atoms with Crippen LogP contribution in [0, 0.1) is 13.8 Å². The molecule has 0 fully saturated rings. The normalized spacial score (nSPS) is 12.8. The molecule has 0 radical (unpaired) electrons. The first-order chi connectivity index (χ1) is 8.25. The van der Waals surface area contributed by atoms with Crippen molar-refractivity contribution in [2.45, 2.75) is 46.1 Å². The molecule has 0 unspecified atom stereocenters. The quantitative estimate of drug-likeness (QED) is 0.765. The van der Waals surface area contributed by atoms with Gasteiger partial charge in [0.1, 0.15) is 11.8 Å². The molecule has 0 amide bonds. The van der Waals surface area contributed by atoms with Crippen LogP contribution >= 0.6 is 0 Å². The van der Waals surface area contributed by atoms with Gasteiger partial charge in [0.15, 0.2) is 0 Å². The molecular weight excluding hydrogens is 230 g/mol. The summed E-state index contributed by atoms with van der Waals surface area (Å²) < 4.78 is 0. The second-order valence-corrected chi connectivity index (χ2v) is 5.03. The molecule has 4 nitrogen and oxygen atoms in total. The number of carboxylic acids is 1. The lowest BCUT2D eigenvalue weighted by Crippen LogP contribution is -2.33. The molecule has 0 saturated carbocycles. The van der Waals surface area contributed by atoms with Gasteiger partial charge in [-0.1, -0.05) is 13.8 Å². The van der Waals surface area contributed by atoms with Gasteiger partial charge in [-0.25, -0.2) is 0 Å². The van der Waals surface area contributed by atoms with Crippen molar-refractivity contribution in [3.63, 3.8) is 0 Å². The molecule has 0 heterocycles. The topological polar surface area (TPSA) is 83.5 Å². The molecule has 18 heavy (non-hydrogen) atoms. The van der Waals surface area contributed by atoms with Crippen molar-refractivity contribution >= 4 is 5.97 Å². The number of carbonyl (C=O) groups is 1. The Balaban J connectivity index is 3.33. The number of hydrogen-bond donors (Lipinski definition) is 3. The molecule has 0 aromatic heterocycles. The Kier molecular flexibility index (Phi) is 4.35. The maximum atomic E-state index is 10.9. The molecule has 0 spiro atoms. The minimum Gasteiger partial charge on any atom is -0.508 e. The number of carboxylic acid groups (broad SMARTS) is 1. The number of hydrogen-bond acceptors (Lipinski definition) is 3. The van der Waals surface area contributed by atoms with Gasteiger partial charge < -0.3 is 15.9 Å². The third kappa shape index (κ3) is 2.82. The Hall–Kier alpha value is -1.55. The summed E-state index contributed by atoms with van der Waals surface area (Å²) in [6.45, 7) is 7.77. The summed E-state index contributed by atoms with van der Waals surface area (Å²) in [5.74, 6) is -0.537. The Morgan fingerprint density at radius 3 is 2.39 bits per heavy atom. The van der Waals surface area contributed by atoms with Crippen LogP contribution in [0.15, 0.2) is 6.07 Å². The van der Waals surface area contributed by atoms with Gasteiger partial charge in [0.2, 0.25) is 0 Å². The van der Waals surface area contributed by atoms with Crippen LogP contribution in [0.25, 0.3) is 0 Å². The maximum absolute atomic E-state index is 10.9. The molecular formula is C14H21NO3. The molecule has 0 aliphatic heterocycles. The number of nitrogens with two attached hydrogens (primary N) is 1. The predicted octanol–water partition coefficient (Wildman–Crippen LogP) is 2.09. The highest BCUT2D eigenvalue weighted by Gasteiger charge is 2.20. The van der Waals surface area contributed by atoms with E-state index in [4.69, 9.17) is 10.8 Å². The highest BCUT2D eigenvalue weighted by atomic mass is 16.4. The molecule has 4 heteroatoms. The number of aromatic hydroxyl groups is 1. The third-order valence-corrected chi connectivity index (χ3v) is 3.26. The van der Waals surface area contributed by atoms with Crippen LogP contribution in [0.2, 0.25) is 0 Å². The first kappa shape index (κ1) is 14.5. The number of aryl methyl sites for hydroxylation is 1. The van der Waals surface area contributed by atoms with Crippen LogP contribution in [0.4, 0.5) is 0 Å². The predicted molar refractivity (Wildman–Crippen MR) is 71.0 cm³/mol. The van der Waals surface area contributed by atoms with Crippen LogP contribution < -0.4 is 5.73 Å². The lowest BCUT2D eigenvalue weighted by atomic mass is 9.86. The standard InChI is InChI=1S/C14H21NO3/c1-7(2)13-9(4)12(16)5-8(3)10(13)6-11(15)14(17)18/h5,7,11,16H,6,15H2,1-4H3,(H,17,18)/t11-/m0/s1. The molecule has 1 atom stereocenters. The van der Waals surface area contributed by atoms with Gasteiger partial charge >= 0.3 is 5.97 Å². The smallest absolute Gasteiger partial charge is 0.320 e. The number of aliphatic carboxylic acids is 1. The van der Waals surface area contributed by atoms with Crippen molar-refractivity contribution in [3.05, 3.63) is 28.3 Å². The van der Waals surface area contributed by atoms with Crippen LogP contribution in [0.1, 0.15) is 42.0 Å². The van der Waals surface area contributed by atoms with E-state index in [1.54, 1.807) is 6.07 Å². The van der Waals surface area contributed by atoms with Crippen molar-refractivity contribution < 1.29 is 15.0 Å². The molecule has 0 aliphatic rings. The van der Waals surface area contributed by atoms with Gasteiger partial charge in [-0.15, -0.1) is 0 Å². The van der Waals surface area contributed by atoms with E-state index in [9.17, 15) is 9.90 Å². The van der Waals surface area contributed by atoms with E-state index in [1.165, 1.54) is 0 Å². The van der Waals surface area contributed by atoms with Gasteiger partial charge in [-0.3, -0.25) is 4.79 Å². The van der Waals surface area contributed by atoms with E-state index in [-0.39, 0.29) is 18.1 Å². The zero-order valence-corrected chi connectivity index (χ0v) is 11.3. The summed E-state index contributed by atoms with van der Waals surface area (Å²) in [4.78, 5) is 10.9. The van der Waals surface area contributed by atoms with E-state index >= 15 is 0 Å². The lowest BCUT2D eigenvalue weighted by molar-refractivity contribution is -0.138. The van der Waals surface area contributed by atoms with E-state index in [1.807, 2.05) is 27.7 Å². The molecule has 0 aliphatic carbocycles. The molecule has 0 bridgehead atoms. The summed E-state index contributed by atoms with van der Waals surface area (Å²) in [6.07, 6.45) is 0.288. The average Bonchev–Trinajstić information content (AvgIpc) is 2.25. The number of rotatable bonds is 4. The van der Waals surface area contributed by atoms with Gasteiger partial charge in [-0.2, -0.15) is 0 Å². The fourth-order valence-electron chi connectivity index (χ4n) is 2.34. The van der Waals surface area contributed by atoms with E-state index in [0.717, 1.165) is 22.3 Å². The average molecular weight is 251 g/mol. The molecule has 1 aromatic rings. The highest BCUT2D eigenvalue weighted by Crippen LogP contribution is 2.33. The molecule has 0 saturated heterocycles. The number of phenols is 1. The first-order valence-corrected chi connectivity index (χ1v) is 6.06. The summed E-state index contributed by atoms with van der Waals surface area (Å²) in [6, 6.07) is 0.760. The zero-order chi connectivity index (χ0) is 14.0. The number of phenolic OH excluding ortho intramolecular Hbond substituents is 1. The lowest BCUT2D eigenvalue weighted by Gasteiger charge is -2.21. The Labute approximate surface area is 107 Å². The Bertz CT molecular complexity index is 467.